The molecule has 8 aromatic rings. The van der Waals surface area contributed by atoms with Gasteiger partial charge in [0, 0.05) is 13.8 Å². The summed E-state index contributed by atoms with van der Waals surface area (Å²) in [6.07, 6.45) is 1.83. The number of fused-ring (bicyclic) bond motifs is 2. The topological polar surface area (TPSA) is 142 Å². The van der Waals surface area contributed by atoms with Gasteiger partial charge in [0.15, 0.2) is 0 Å². The maximum Gasteiger partial charge on any atom is 0.519 e. The van der Waals surface area contributed by atoms with Crippen LogP contribution in [0, 0.1) is 0 Å². The average molecular weight is 953 g/mol. The van der Waals surface area contributed by atoms with E-state index in [1.165, 1.54) is 13.8 Å². The molecule has 0 saturated carbocycles. The second kappa shape index (κ2) is 24.1. The van der Waals surface area contributed by atoms with Crippen LogP contribution in [0.5, 0.6) is 34.5 Å². The smallest absolute Gasteiger partial charge is 0.494 e. The summed E-state index contributed by atoms with van der Waals surface area (Å²) >= 11 is 0. The fourth-order valence-electron chi connectivity index (χ4n) is 7.84. The summed E-state index contributed by atoms with van der Waals surface area (Å²) in [5.74, 6) is 2.27. The average Bonchev–Trinajstić information content (AvgIpc) is 3.37. The van der Waals surface area contributed by atoms with Crippen molar-refractivity contribution >= 4 is 45.8 Å². The van der Waals surface area contributed by atoms with Gasteiger partial charge < -0.3 is 37.9 Å². The molecule has 0 heterocycles. The maximum absolute atomic E-state index is 13.0. The zero-order valence-electron chi connectivity index (χ0n) is 39.4. The number of carbonyl (C=O) groups is 4. The zero-order valence-corrected chi connectivity index (χ0v) is 39.4. The summed E-state index contributed by atoms with van der Waals surface area (Å²) < 4.78 is 44.0. The molecule has 0 spiro atoms. The van der Waals surface area contributed by atoms with Crippen molar-refractivity contribution in [2.45, 2.75) is 46.0 Å². The molecule has 71 heavy (non-hydrogen) atoms. The van der Waals surface area contributed by atoms with Gasteiger partial charge >= 0.3 is 24.2 Å². The number of ether oxygens (including phenoxy) is 8. The molecule has 0 bridgehead atoms. The summed E-state index contributed by atoms with van der Waals surface area (Å²) in [4.78, 5) is 47.8. The van der Waals surface area contributed by atoms with E-state index >= 15 is 0 Å². The van der Waals surface area contributed by atoms with Gasteiger partial charge in [0.25, 0.3) is 0 Å². The molecule has 0 N–H and O–H groups in total. The van der Waals surface area contributed by atoms with Gasteiger partial charge in [0.05, 0.1) is 26.4 Å². The van der Waals surface area contributed by atoms with Crippen molar-refractivity contribution in [3.05, 3.63) is 181 Å². The highest BCUT2D eigenvalue weighted by Crippen LogP contribution is 2.32. The fourth-order valence-corrected chi connectivity index (χ4v) is 7.84. The van der Waals surface area contributed by atoms with Crippen LogP contribution in [-0.4, -0.2) is 50.7 Å². The number of hydrogen-bond acceptors (Lipinski definition) is 12. The van der Waals surface area contributed by atoms with E-state index < -0.39 is 12.3 Å². The third kappa shape index (κ3) is 14.2. The molecule has 0 radical (unpaired) electrons. The highest BCUT2D eigenvalue weighted by atomic mass is 16.7. The lowest BCUT2D eigenvalue weighted by Gasteiger charge is -2.12. The summed E-state index contributed by atoms with van der Waals surface area (Å²) in [6, 6.07) is 52.8. The van der Waals surface area contributed by atoms with Gasteiger partial charge in [-0.25, -0.2) is 9.59 Å². The molecular formula is C59H52O12. The number of unbranched alkanes of at least 4 members (excludes halogenated alkanes) is 2. The Morgan fingerprint density at radius 3 is 1.04 bits per heavy atom. The second-order valence-electron chi connectivity index (χ2n) is 16.6. The van der Waals surface area contributed by atoms with Crippen molar-refractivity contribution in [1.82, 2.24) is 0 Å². The van der Waals surface area contributed by atoms with Gasteiger partial charge in [-0.1, -0.05) is 97.1 Å². The van der Waals surface area contributed by atoms with Crippen LogP contribution in [0.4, 0.5) is 9.59 Å². The molecule has 0 unspecified atom stereocenters. The Bertz CT molecular complexity index is 2880. The minimum absolute atomic E-state index is 0.281. The van der Waals surface area contributed by atoms with Crippen molar-refractivity contribution in [3.8, 4) is 56.8 Å². The molecule has 8 rings (SSSR count). The molecule has 0 fully saturated rings. The third-order valence-corrected chi connectivity index (χ3v) is 11.4. The predicted molar refractivity (Wildman–Crippen MR) is 270 cm³/mol. The number of rotatable bonds is 20. The molecule has 0 aliphatic heterocycles. The second-order valence-corrected chi connectivity index (χ2v) is 16.6. The first kappa shape index (κ1) is 48.8. The van der Waals surface area contributed by atoms with E-state index in [9.17, 15) is 19.2 Å². The van der Waals surface area contributed by atoms with Crippen molar-refractivity contribution in [3.63, 3.8) is 0 Å². The zero-order chi connectivity index (χ0) is 49.4. The summed E-state index contributed by atoms with van der Waals surface area (Å²) in [5, 5.41) is 3.76. The van der Waals surface area contributed by atoms with Crippen LogP contribution in [-0.2, 0) is 25.5 Å². The van der Waals surface area contributed by atoms with Crippen LogP contribution >= 0.6 is 0 Å². The monoisotopic (exact) mass is 952 g/mol. The van der Waals surface area contributed by atoms with E-state index in [0.29, 0.717) is 55.8 Å². The van der Waals surface area contributed by atoms with Crippen LogP contribution in [0.2, 0.25) is 0 Å². The van der Waals surface area contributed by atoms with E-state index in [1.807, 2.05) is 133 Å². The summed E-state index contributed by atoms with van der Waals surface area (Å²) in [7, 11) is 0. The summed E-state index contributed by atoms with van der Waals surface area (Å²) in [5.41, 5.74) is 5.82. The molecule has 12 nitrogen and oxygen atoms in total. The lowest BCUT2D eigenvalue weighted by atomic mass is 9.95. The minimum atomic E-state index is -0.864. The van der Waals surface area contributed by atoms with Crippen molar-refractivity contribution in [1.29, 1.82) is 0 Å². The molecule has 360 valence electrons. The Morgan fingerprint density at radius 2 is 0.676 bits per heavy atom. The van der Waals surface area contributed by atoms with Gasteiger partial charge in [0.2, 0.25) is 0 Å². The highest BCUT2D eigenvalue weighted by Gasteiger charge is 2.14. The molecule has 8 aromatic carbocycles. The van der Waals surface area contributed by atoms with Crippen LogP contribution in [0.3, 0.4) is 0 Å². The van der Waals surface area contributed by atoms with Crippen LogP contribution < -0.4 is 28.4 Å². The number of benzene rings is 8. The van der Waals surface area contributed by atoms with E-state index in [2.05, 4.69) is 0 Å². The van der Waals surface area contributed by atoms with Crippen LogP contribution in [0.15, 0.2) is 170 Å². The SMILES string of the molecule is CC(=O)OCCCCOc1ccc(-c2ccc(OC(=O)Oc3ccc4cccc(Cc5cccc6ccc(OC(=O)Oc7ccc(-c8ccc(OCCCCOC(C)=O)cc8)cc7)cc56)c4c3)cc2)cc1. The molecule has 0 aliphatic carbocycles. The maximum atomic E-state index is 13.0. The van der Waals surface area contributed by atoms with E-state index in [4.69, 9.17) is 37.9 Å². The summed E-state index contributed by atoms with van der Waals surface area (Å²) in [6.45, 7) is 4.61. The number of carbonyl (C=O) groups excluding carboxylic acids is 4. The molecule has 0 saturated heterocycles. The van der Waals surface area contributed by atoms with Crippen molar-refractivity contribution < 1.29 is 57.1 Å². The normalized spacial score (nSPS) is 10.8. The van der Waals surface area contributed by atoms with E-state index in [0.717, 1.165) is 92.1 Å². The largest absolute Gasteiger partial charge is 0.519 e. The van der Waals surface area contributed by atoms with Crippen LogP contribution in [0.25, 0.3) is 43.8 Å². The Balaban J connectivity index is 0.842. The van der Waals surface area contributed by atoms with Gasteiger partial charge in [-0.15, -0.1) is 0 Å². The molecule has 0 aromatic heterocycles. The van der Waals surface area contributed by atoms with E-state index in [1.54, 1.807) is 36.4 Å². The molecular weight excluding hydrogens is 901 g/mol. The van der Waals surface area contributed by atoms with E-state index in [-0.39, 0.29) is 11.9 Å². The lowest BCUT2D eigenvalue weighted by Crippen LogP contribution is -2.13. The fraction of sp³-hybridized carbons (Fsp3) is 0.186. The Kier molecular flexibility index (Phi) is 16.5. The Labute approximate surface area is 411 Å². The van der Waals surface area contributed by atoms with Crippen LogP contribution in [0.1, 0.15) is 50.7 Å². The minimum Gasteiger partial charge on any atom is -0.494 e. The van der Waals surface area contributed by atoms with Crippen molar-refractivity contribution in [2.24, 2.45) is 0 Å². The van der Waals surface area contributed by atoms with Gasteiger partial charge in [-0.05, 0) is 160 Å². The Hall–Kier alpha value is -8.64. The quantitative estimate of drug-likeness (QED) is 0.0408. The number of esters is 2. The standard InChI is InChI=1S/C59H52O12/c1-40(60)64-33-3-5-35-66-50-23-13-42(14-24-50)44-17-27-52(28-18-44)68-58(62)70-54-31-21-46-9-7-11-48(56(46)38-54)37-49-12-8-10-47-22-32-55(39-57(47)49)71-59(63)69-53-29-19-45(20-30-53)43-15-25-51(26-16-43)67-36-6-4-34-65-41(2)61/h7-32,38-39H,3-6,33-37H2,1-2H3. The Morgan fingerprint density at radius 1 is 0.352 bits per heavy atom. The first-order valence-electron chi connectivity index (χ1n) is 23.4. The predicted octanol–water partition coefficient (Wildman–Crippen LogP) is 13.5. The molecule has 0 aliphatic rings. The van der Waals surface area contributed by atoms with Crippen molar-refractivity contribution in [2.75, 3.05) is 26.4 Å². The number of hydrogen-bond donors (Lipinski definition) is 0. The molecule has 0 amide bonds. The molecule has 0 atom stereocenters. The first-order chi connectivity index (χ1) is 34.6. The van der Waals surface area contributed by atoms with Gasteiger partial charge in [0.1, 0.15) is 34.5 Å². The first-order valence-corrected chi connectivity index (χ1v) is 23.4. The lowest BCUT2D eigenvalue weighted by molar-refractivity contribution is -0.142. The molecule has 12 heteroatoms. The highest BCUT2D eigenvalue weighted by molar-refractivity contribution is 5.91. The van der Waals surface area contributed by atoms with Gasteiger partial charge in [-0.2, -0.15) is 0 Å². The third-order valence-electron chi connectivity index (χ3n) is 11.4. The van der Waals surface area contributed by atoms with Gasteiger partial charge in [-0.3, -0.25) is 9.59 Å².